The maximum absolute atomic E-state index is 12.5. The summed E-state index contributed by atoms with van der Waals surface area (Å²) in [6, 6.07) is 4.91. The molecule has 6 nitrogen and oxygen atoms in total. The third kappa shape index (κ3) is 3.59. The Morgan fingerprint density at radius 3 is 2.81 bits per heavy atom. The monoisotopic (exact) mass is 312 g/mol. The van der Waals surface area contributed by atoms with Crippen molar-refractivity contribution in [3.05, 3.63) is 30.1 Å². The summed E-state index contributed by atoms with van der Waals surface area (Å²) in [5.41, 5.74) is 0.647. The number of hydrogen-bond donors (Lipinski definition) is 1. The van der Waals surface area contributed by atoms with Gasteiger partial charge in [-0.3, -0.25) is 9.78 Å². The van der Waals surface area contributed by atoms with E-state index >= 15 is 0 Å². The molecule has 7 heteroatoms. The van der Waals surface area contributed by atoms with Gasteiger partial charge in [-0.15, -0.1) is 0 Å². The van der Waals surface area contributed by atoms with Crippen molar-refractivity contribution >= 4 is 16.0 Å². The smallest absolute Gasteiger partial charge is 0.310 e. The summed E-state index contributed by atoms with van der Waals surface area (Å²) in [5, 5.41) is -0.726. The van der Waals surface area contributed by atoms with Crippen LogP contribution in [0.25, 0.3) is 0 Å². The molecule has 0 saturated heterocycles. The lowest BCUT2D eigenvalue weighted by Crippen LogP contribution is -2.40. The predicted molar refractivity (Wildman–Crippen MR) is 77.9 cm³/mol. The van der Waals surface area contributed by atoms with Crippen LogP contribution in [-0.2, 0) is 19.6 Å². The number of rotatable bonds is 5. The van der Waals surface area contributed by atoms with Gasteiger partial charge in [-0.1, -0.05) is 12.5 Å². The quantitative estimate of drug-likeness (QED) is 0.831. The van der Waals surface area contributed by atoms with Gasteiger partial charge in [0.1, 0.15) is 0 Å². The maximum atomic E-state index is 12.5. The summed E-state index contributed by atoms with van der Waals surface area (Å²) in [7, 11) is -2.32. The van der Waals surface area contributed by atoms with Crippen LogP contribution >= 0.6 is 0 Å². The van der Waals surface area contributed by atoms with Crippen LogP contribution in [0.4, 0.5) is 0 Å². The highest BCUT2D eigenvalue weighted by Gasteiger charge is 2.42. The number of pyridine rings is 1. The molecule has 3 unspecified atom stereocenters. The van der Waals surface area contributed by atoms with E-state index in [4.69, 9.17) is 4.74 Å². The molecule has 1 saturated carbocycles. The van der Waals surface area contributed by atoms with E-state index in [0.717, 1.165) is 0 Å². The zero-order valence-electron chi connectivity index (χ0n) is 12.2. The van der Waals surface area contributed by atoms with Crippen molar-refractivity contribution in [3.63, 3.8) is 0 Å². The lowest BCUT2D eigenvalue weighted by molar-refractivity contribution is -0.145. The largest absolute Gasteiger partial charge is 0.469 e. The number of methoxy groups -OCH3 is 1. The lowest BCUT2D eigenvalue weighted by atomic mass is 10.1. The molecule has 1 aromatic heterocycles. The number of ether oxygens (including phenoxy) is 1. The van der Waals surface area contributed by atoms with E-state index in [0.29, 0.717) is 25.0 Å². The Bertz CT molecular complexity index is 588. The summed E-state index contributed by atoms with van der Waals surface area (Å²) < 4.78 is 32.3. The molecule has 1 aliphatic rings. The van der Waals surface area contributed by atoms with Gasteiger partial charge in [-0.2, -0.15) is 0 Å². The molecule has 0 bridgehead atoms. The van der Waals surface area contributed by atoms with Gasteiger partial charge in [-0.05, 0) is 31.9 Å². The molecule has 0 amide bonds. The number of nitrogens with one attached hydrogen (secondary N) is 1. The molecule has 2 rings (SSSR count). The molecule has 1 aromatic rings. The molecule has 0 radical (unpaired) electrons. The number of aromatic nitrogens is 1. The summed E-state index contributed by atoms with van der Waals surface area (Å²) >= 11 is 0. The van der Waals surface area contributed by atoms with E-state index in [9.17, 15) is 13.2 Å². The molecule has 116 valence electrons. The van der Waals surface area contributed by atoms with Crippen LogP contribution < -0.4 is 4.72 Å². The fourth-order valence-corrected chi connectivity index (χ4v) is 4.69. The van der Waals surface area contributed by atoms with Crippen LogP contribution in [0.15, 0.2) is 24.4 Å². The molecule has 0 spiro atoms. The first-order valence-corrected chi connectivity index (χ1v) is 8.50. The van der Waals surface area contributed by atoms with Crippen molar-refractivity contribution in [1.82, 2.24) is 9.71 Å². The van der Waals surface area contributed by atoms with Crippen LogP contribution in [0.2, 0.25) is 0 Å². The van der Waals surface area contributed by atoms with Gasteiger partial charge in [0.05, 0.1) is 30.0 Å². The van der Waals surface area contributed by atoms with Crippen LogP contribution in [0.5, 0.6) is 0 Å². The van der Waals surface area contributed by atoms with Crippen molar-refractivity contribution in [3.8, 4) is 0 Å². The van der Waals surface area contributed by atoms with Crippen molar-refractivity contribution in [1.29, 1.82) is 0 Å². The van der Waals surface area contributed by atoms with Gasteiger partial charge in [0.15, 0.2) is 0 Å². The molecule has 0 aliphatic heterocycles. The van der Waals surface area contributed by atoms with Crippen molar-refractivity contribution < 1.29 is 17.9 Å². The highest BCUT2D eigenvalue weighted by atomic mass is 32.2. The highest BCUT2D eigenvalue weighted by Crippen LogP contribution is 2.32. The first-order valence-electron chi connectivity index (χ1n) is 6.95. The van der Waals surface area contributed by atoms with Gasteiger partial charge in [-0.25, -0.2) is 13.1 Å². The normalized spacial score (nSPS) is 23.7. The topological polar surface area (TPSA) is 85.4 Å². The first-order chi connectivity index (χ1) is 9.95. The molecule has 1 fully saturated rings. The van der Waals surface area contributed by atoms with Gasteiger partial charge in [0.25, 0.3) is 0 Å². The third-order valence-corrected chi connectivity index (χ3v) is 5.87. The van der Waals surface area contributed by atoms with E-state index in [1.165, 1.54) is 7.11 Å². The van der Waals surface area contributed by atoms with E-state index in [2.05, 4.69) is 9.71 Å². The molecular formula is C14H20N2O4S. The zero-order valence-corrected chi connectivity index (χ0v) is 13.0. The second kappa shape index (κ2) is 6.53. The molecule has 3 atom stereocenters. The Balaban J connectivity index is 2.13. The number of hydrogen-bond acceptors (Lipinski definition) is 5. The van der Waals surface area contributed by atoms with Crippen molar-refractivity contribution in [2.75, 3.05) is 7.11 Å². The molecule has 1 heterocycles. The van der Waals surface area contributed by atoms with E-state index in [1.807, 2.05) is 0 Å². The van der Waals surface area contributed by atoms with Crippen LogP contribution in [0.3, 0.4) is 0 Å². The number of esters is 1. The maximum Gasteiger partial charge on any atom is 0.310 e. The molecule has 1 aliphatic carbocycles. The van der Waals surface area contributed by atoms with E-state index < -0.39 is 33.2 Å². The minimum absolute atomic E-state index is 0.435. The Kier molecular flexibility index (Phi) is 4.95. The van der Waals surface area contributed by atoms with Crippen LogP contribution in [-0.4, -0.2) is 31.7 Å². The van der Waals surface area contributed by atoms with Crippen molar-refractivity contribution in [2.24, 2.45) is 5.92 Å². The van der Waals surface area contributed by atoms with Crippen LogP contribution in [0.1, 0.15) is 37.9 Å². The summed E-state index contributed by atoms with van der Waals surface area (Å²) in [6.07, 6.45) is 3.36. The Morgan fingerprint density at radius 2 is 2.19 bits per heavy atom. The Morgan fingerprint density at radius 1 is 1.43 bits per heavy atom. The third-order valence-electron chi connectivity index (χ3n) is 3.83. The van der Waals surface area contributed by atoms with E-state index in [1.54, 1.807) is 31.3 Å². The molecule has 0 aromatic carbocycles. The van der Waals surface area contributed by atoms with Gasteiger partial charge in [0.2, 0.25) is 10.0 Å². The van der Waals surface area contributed by atoms with Crippen LogP contribution in [0, 0.1) is 5.92 Å². The second-order valence-electron chi connectivity index (χ2n) is 5.24. The molecular weight excluding hydrogens is 292 g/mol. The van der Waals surface area contributed by atoms with Gasteiger partial charge in [0, 0.05) is 6.20 Å². The lowest BCUT2D eigenvalue weighted by Gasteiger charge is -2.21. The summed E-state index contributed by atoms with van der Waals surface area (Å²) in [6.45, 7) is 1.74. The van der Waals surface area contributed by atoms with Gasteiger partial charge >= 0.3 is 5.97 Å². The highest BCUT2D eigenvalue weighted by molar-refractivity contribution is 7.90. The minimum Gasteiger partial charge on any atom is -0.469 e. The fraction of sp³-hybridized carbons (Fsp3) is 0.571. The van der Waals surface area contributed by atoms with Gasteiger partial charge < -0.3 is 4.74 Å². The number of carbonyl (C=O) groups excluding carboxylic acids is 1. The average molecular weight is 312 g/mol. The van der Waals surface area contributed by atoms with Crippen molar-refractivity contribution in [2.45, 2.75) is 37.5 Å². The average Bonchev–Trinajstić information content (AvgIpc) is 2.97. The molecule has 1 N–H and O–H groups in total. The minimum atomic E-state index is -3.60. The van der Waals surface area contributed by atoms with E-state index in [-0.39, 0.29) is 0 Å². The fourth-order valence-electron chi connectivity index (χ4n) is 2.74. The number of nitrogens with zero attached hydrogens (tertiary/aromatic N) is 1. The SMILES string of the molecule is COC(=O)C1CCCC1S(=O)(=O)NC(C)c1ccccn1. The number of carbonyl (C=O) groups is 1. The standard InChI is InChI=1S/C14H20N2O4S/c1-10(12-7-3-4-9-15-12)16-21(18,19)13-8-5-6-11(13)14(17)20-2/h3-4,7,9-11,13,16H,5-6,8H2,1-2H3. The predicted octanol–water partition coefficient (Wildman–Crippen LogP) is 1.40. The molecule has 21 heavy (non-hydrogen) atoms. The number of sulfonamides is 1. The Labute approximate surface area is 125 Å². The Hall–Kier alpha value is -1.47. The summed E-state index contributed by atoms with van der Waals surface area (Å²) in [4.78, 5) is 15.8. The zero-order chi connectivity index (χ0) is 15.5. The summed E-state index contributed by atoms with van der Waals surface area (Å²) in [5.74, 6) is -1.03. The first kappa shape index (κ1) is 15.9. The second-order valence-corrected chi connectivity index (χ2v) is 7.17.